The zero-order valence-electron chi connectivity index (χ0n) is 11.1. The van der Waals surface area contributed by atoms with Crippen molar-refractivity contribution < 1.29 is 26.9 Å². The number of alkyl halides is 3. The van der Waals surface area contributed by atoms with Gasteiger partial charge in [-0.05, 0) is 17.7 Å². The first-order valence-electron chi connectivity index (χ1n) is 5.83. The van der Waals surface area contributed by atoms with Gasteiger partial charge in [0.1, 0.15) is 0 Å². The maximum atomic E-state index is 12.4. The lowest BCUT2D eigenvalue weighted by Gasteiger charge is -2.10. The third kappa shape index (κ3) is 4.96. The molecule has 0 aromatic heterocycles. The number of esters is 1. The molecule has 1 aromatic carbocycles. The van der Waals surface area contributed by atoms with E-state index < -0.39 is 34.4 Å². The molecule has 1 aromatic rings. The standard InChI is InChI=1S/C13H15F3O3S/c1-9(12(17)19-2)7-20(18)8-10-3-5-11(6-4-10)13(14,15)16/h3-6,9H,7-8H2,1-2H3. The minimum atomic E-state index is -4.38. The molecule has 3 nitrogen and oxygen atoms in total. The molecule has 0 aliphatic carbocycles. The highest BCUT2D eigenvalue weighted by Gasteiger charge is 2.30. The Morgan fingerprint density at radius 3 is 2.30 bits per heavy atom. The fourth-order valence-corrected chi connectivity index (χ4v) is 2.96. The molecule has 2 unspecified atom stereocenters. The van der Waals surface area contributed by atoms with Crippen LogP contribution < -0.4 is 0 Å². The van der Waals surface area contributed by atoms with Gasteiger partial charge in [-0.3, -0.25) is 9.00 Å². The highest BCUT2D eigenvalue weighted by molar-refractivity contribution is 7.84. The topological polar surface area (TPSA) is 43.4 Å². The SMILES string of the molecule is COC(=O)C(C)CS(=O)Cc1ccc(C(F)(F)F)cc1. The number of hydrogen-bond donors (Lipinski definition) is 0. The molecule has 0 saturated carbocycles. The molecule has 0 spiro atoms. The zero-order chi connectivity index (χ0) is 15.3. The van der Waals surface area contributed by atoms with Gasteiger partial charge < -0.3 is 4.74 Å². The second-order valence-corrected chi connectivity index (χ2v) is 5.87. The van der Waals surface area contributed by atoms with Crippen LogP contribution in [0.15, 0.2) is 24.3 Å². The van der Waals surface area contributed by atoms with E-state index in [1.54, 1.807) is 6.92 Å². The number of carbonyl (C=O) groups excluding carboxylic acids is 1. The van der Waals surface area contributed by atoms with Crippen molar-refractivity contribution in [1.82, 2.24) is 0 Å². The van der Waals surface area contributed by atoms with E-state index in [0.717, 1.165) is 12.1 Å². The van der Waals surface area contributed by atoms with Gasteiger partial charge in [-0.15, -0.1) is 0 Å². The summed E-state index contributed by atoms with van der Waals surface area (Å²) in [6.45, 7) is 1.59. The van der Waals surface area contributed by atoms with Crippen LogP contribution in [0, 0.1) is 5.92 Å². The average molecular weight is 308 g/mol. The molecule has 20 heavy (non-hydrogen) atoms. The lowest BCUT2D eigenvalue weighted by Crippen LogP contribution is -2.20. The van der Waals surface area contributed by atoms with Crippen molar-refractivity contribution in [2.75, 3.05) is 12.9 Å². The summed E-state index contributed by atoms with van der Waals surface area (Å²) in [6.07, 6.45) is -4.38. The lowest BCUT2D eigenvalue weighted by atomic mass is 10.1. The van der Waals surface area contributed by atoms with Crippen LogP contribution >= 0.6 is 0 Å². The third-order valence-electron chi connectivity index (χ3n) is 2.65. The Balaban J connectivity index is 2.61. The summed E-state index contributed by atoms with van der Waals surface area (Å²) in [5.41, 5.74) is -0.205. The van der Waals surface area contributed by atoms with Crippen molar-refractivity contribution in [1.29, 1.82) is 0 Å². The molecule has 0 radical (unpaired) electrons. The minimum absolute atomic E-state index is 0.111. The van der Waals surface area contributed by atoms with Crippen molar-refractivity contribution in [3.63, 3.8) is 0 Å². The van der Waals surface area contributed by atoms with Gasteiger partial charge in [-0.2, -0.15) is 13.2 Å². The summed E-state index contributed by atoms with van der Waals surface area (Å²) in [5, 5.41) is 0. The molecule has 2 atom stereocenters. The predicted octanol–water partition coefficient (Wildman–Crippen LogP) is 2.76. The molecule has 112 valence electrons. The van der Waals surface area contributed by atoms with Crippen molar-refractivity contribution >= 4 is 16.8 Å². The van der Waals surface area contributed by atoms with Crippen LogP contribution in [-0.4, -0.2) is 23.0 Å². The van der Waals surface area contributed by atoms with Gasteiger partial charge in [0.25, 0.3) is 0 Å². The molecule has 0 N–H and O–H groups in total. The molecule has 7 heteroatoms. The molecule has 0 amide bonds. The largest absolute Gasteiger partial charge is 0.469 e. The van der Waals surface area contributed by atoms with E-state index >= 15 is 0 Å². The van der Waals surface area contributed by atoms with Crippen LogP contribution in [0.2, 0.25) is 0 Å². The van der Waals surface area contributed by atoms with Crippen molar-refractivity contribution in [3.8, 4) is 0 Å². The van der Waals surface area contributed by atoms with Gasteiger partial charge in [-0.1, -0.05) is 19.1 Å². The highest BCUT2D eigenvalue weighted by Crippen LogP contribution is 2.29. The molecule has 0 fully saturated rings. The van der Waals surface area contributed by atoms with Crippen molar-refractivity contribution in [3.05, 3.63) is 35.4 Å². The Morgan fingerprint density at radius 1 is 1.30 bits per heavy atom. The maximum absolute atomic E-state index is 12.4. The number of ether oxygens (including phenoxy) is 1. The Labute approximate surface area is 117 Å². The fourth-order valence-electron chi connectivity index (χ4n) is 1.58. The summed E-state index contributed by atoms with van der Waals surface area (Å²) in [6, 6.07) is 4.50. The smallest absolute Gasteiger partial charge is 0.416 e. The first-order chi connectivity index (χ1) is 9.24. The molecule has 0 aliphatic heterocycles. The lowest BCUT2D eigenvalue weighted by molar-refractivity contribution is -0.144. The number of benzene rings is 1. The molecular formula is C13H15F3O3S. The molecule has 0 heterocycles. The first kappa shape index (κ1) is 16.7. The van der Waals surface area contributed by atoms with Crippen LogP contribution in [0.5, 0.6) is 0 Å². The van der Waals surface area contributed by atoms with Crippen LogP contribution in [0.25, 0.3) is 0 Å². The van der Waals surface area contributed by atoms with E-state index in [0.29, 0.717) is 5.56 Å². The number of hydrogen-bond acceptors (Lipinski definition) is 3. The Kier molecular flexibility index (Phi) is 5.74. The number of carbonyl (C=O) groups is 1. The third-order valence-corrected chi connectivity index (χ3v) is 4.18. The first-order valence-corrected chi connectivity index (χ1v) is 7.31. The van der Waals surface area contributed by atoms with E-state index in [4.69, 9.17) is 0 Å². The van der Waals surface area contributed by atoms with Crippen LogP contribution in [0.3, 0.4) is 0 Å². The van der Waals surface area contributed by atoms with Gasteiger partial charge >= 0.3 is 12.1 Å². The summed E-state index contributed by atoms with van der Waals surface area (Å²) < 4.78 is 53.4. The molecule has 1 rings (SSSR count). The van der Waals surface area contributed by atoms with E-state index in [-0.39, 0.29) is 11.5 Å². The molecule has 0 bridgehead atoms. The predicted molar refractivity (Wildman–Crippen MR) is 69.3 cm³/mol. The second-order valence-electron chi connectivity index (χ2n) is 4.37. The zero-order valence-corrected chi connectivity index (χ0v) is 11.9. The molecule has 0 aliphatic rings. The monoisotopic (exact) mass is 308 g/mol. The highest BCUT2D eigenvalue weighted by atomic mass is 32.2. The van der Waals surface area contributed by atoms with E-state index in [2.05, 4.69) is 4.74 Å². The van der Waals surface area contributed by atoms with Gasteiger partial charge in [0, 0.05) is 22.3 Å². The normalized spacial score (nSPS) is 14.7. The van der Waals surface area contributed by atoms with E-state index in [1.807, 2.05) is 0 Å². The van der Waals surface area contributed by atoms with Gasteiger partial charge in [-0.25, -0.2) is 0 Å². The van der Waals surface area contributed by atoms with Crippen LogP contribution in [0.4, 0.5) is 13.2 Å². The Hall–Kier alpha value is -1.37. The number of methoxy groups -OCH3 is 1. The minimum Gasteiger partial charge on any atom is -0.469 e. The Bertz CT molecular complexity index is 483. The van der Waals surface area contributed by atoms with Crippen molar-refractivity contribution in [2.45, 2.75) is 18.9 Å². The fraction of sp³-hybridized carbons (Fsp3) is 0.462. The van der Waals surface area contributed by atoms with Crippen molar-refractivity contribution in [2.24, 2.45) is 5.92 Å². The van der Waals surface area contributed by atoms with Gasteiger partial charge in [0.05, 0.1) is 18.6 Å². The quantitative estimate of drug-likeness (QED) is 0.786. The van der Waals surface area contributed by atoms with Gasteiger partial charge in [0.2, 0.25) is 0 Å². The Morgan fingerprint density at radius 2 is 1.85 bits per heavy atom. The summed E-state index contributed by atoms with van der Waals surface area (Å²) in [7, 11) is -0.0855. The summed E-state index contributed by atoms with van der Waals surface area (Å²) >= 11 is 0. The van der Waals surface area contributed by atoms with Gasteiger partial charge in [0.15, 0.2) is 0 Å². The molecular weight excluding hydrogens is 293 g/mol. The summed E-state index contributed by atoms with van der Waals surface area (Å²) in [5.74, 6) is -0.728. The van der Waals surface area contributed by atoms with E-state index in [9.17, 15) is 22.2 Å². The maximum Gasteiger partial charge on any atom is 0.416 e. The number of halogens is 3. The average Bonchev–Trinajstić information content (AvgIpc) is 2.37. The van der Waals surface area contributed by atoms with Crippen LogP contribution in [-0.2, 0) is 32.3 Å². The second kappa shape index (κ2) is 6.88. The molecule has 0 saturated heterocycles. The number of rotatable bonds is 5. The summed E-state index contributed by atoms with van der Waals surface area (Å²) in [4.78, 5) is 11.2. The van der Waals surface area contributed by atoms with E-state index in [1.165, 1.54) is 19.2 Å². The van der Waals surface area contributed by atoms with Crippen LogP contribution in [0.1, 0.15) is 18.1 Å².